The van der Waals surface area contributed by atoms with Crippen LogP contribution in [0, 0.1) is 0 Å². The third kappa shape index (κ3) is 3.12. The summed E-state index contributed by atoms with van der Waals surface area (Å²) in [5.74, 6) is 0.0556. The van der Waals surface area contributed by atoms with E-state index < -0.39 is 0 Å². The molecule has 1 nitrogen and oxygen atoms in total. The largest absolute Gasteiger partial charge is 0.294 e. The second-order valence-corrected chi connectivity index (χ2v) is 5.13. The van der Waals surface area contributed by atoms with Crippen molar-refractivity contribution >= 4 is 40.3 Å². The Labute approximate surface area is 97.3 Å². The Balaban J connectivity index is 2.60. The summed E-state index contributed by atoms with van der Waals surface area (Å²) >= 11 is 12.8. The number of hydrogen-bond acceptors (Lipinski definition) is 2. The lowest BCUT2D eigenvalue weighted by Gasteiger charge is -1.96. The first-order valence-electron chi connectivity index (χ1n) is 4.24. The fraction of sp³-hybridized carbons (Fsp3) is 0.300. The lowest BCUT2D eigenvalue weighted by atomic mass is 10.1. The highest BCUT2D eigenvalue weighted by molar-refractivity contribution is 7.20. The summed E-state index contributed by atoms with van der Waals surface area (Å²) < 4.78 is 1.04. The molecule has 0 bridgehead atoms. The molecule has 0 fully saturated rings. The predicted octanol–water partition coefficient (Wildman–Crippen LogP) is 4.59. The van der Waals surface area contributed by atoms with E-state index in [1.165, 1.54) is 11.3 Å². The summed E-state index contributed by atoms with van der Waals surface area (Å²) in [4.78, 5) is 11.6. The van der Waals surface area contributed by atoms with Gasteiger partial charge < -0.3 is 0 Å². The molecule has 4 heteroatoms. The van der Waals surface area contributed by atoms with Crippen molar-refractivity contribution in [1.29, 1.82) is 0 Å². The standard InChI is InChI=1S/C10H10Cl2OS/c1-2-3-4-5-8(13)7-6-9(11)14-10(7)12/h2,6H,1,3-5H2. The molecular weight excluding hydrogens is 239 g/mol. The molecule has 1 aromatic rings. The van der Waals surface area contributed by atoms with Gasteiger partial charge in [-0.3, -0.25) is 4.79 Å². The van der Waals surface area contributed by atoms with Gasteiger partial charge in [-0.2, -0.15) is 0 Å². The first-order chi connectivity index (χ1) is 6.65. The van der Waals surface area contributed by atoms with Gasteiger partial charge in [0.25, 0.3) is 0 Å². The maximum Gasteiger partial charge on any atom is 0.165 e. The van der Waals surface area contributed by atoms with Gasteiger partial charge in [0.05, 0.1) is 4.34 Å². The molecule has 0 amide bonds. The predicted molar refractivity (Wildman–Crippen MR) is 62.7 cm³/mol. The van der Waals surface area contributed by atoms with Gasteiger partial charge in [0.2, 0.25) is 0 Å². The minimum absolute atomic E-state index is 0.0556. The molecule has 1 rings (SSSR count). The van der Waals surface area contributed by atoms with E-state index in [0.717, 1.165) is 12.8 Å². The van der Waals surface area contributed by atoms with Crippen molar-refractivity contribution < 1.29 is 4.79 Å². The average molecular weight is 249 g/mol. The Hall–Kier alpha value is -0.310. The number of rotatable bonds is 5. The van der Waals surface area contributed by atoms with Gasteiger partial charge in [-0.15, -0.1) is 17.9 Å². The van der Waals surface area contributed by atoms with Crippen LogP contribution >= 0.6 is 34.5 Å². The monoisotopic (exact) mass is 248 g/mol. The van der Waals surface area contributed by atoms with Crippen LogP contribution in [-0.2, 0) is 0 Å². The van der Waals surface area contributed by atoms with Gasteiger partial charge in [-0.1, -0.05) is 29.3 Å². The maximum absolute atomic E-state index is 11.6. The molecule has 76 valence electrons. The van der Waals surface area contributed by atoms with Gasteiger partial charge in [-0.25, -0.2) is 0 Å². The number of ketones is 1. The quantitative estimate of drug-likeness (QED) is 0.423. The second-order valence-electron chi connectivity index (χ2n) is 2.84. The molecule has 0 spiro atoms. The molecule has 1 aromatic heterocycles. The van der Waals surface area contributed by atoms with Gasteiger partial charge in [0.15, 0.2) is 5.78 Å². The van der Waals surface area contributed by atoms with E-state index in [-0.39, 0.29) is 5.78 Å². The molecule has 0 N–H and O–H groups in total. The number of unbranched alkanes of at least 4 members (excludes halogenated alkanes) is 1. The van der Waals surface area contributed by atoms with E-state index >= 15 is 0 Å². The third-order valence-electron chi connectivity index (χ3n) is 1.77. The number of Topliss-reactive ketones (excluding diaryl/α,β-unsaturated/α-hetero) is 1. The minimum Gasteiger partial charge on any atom is -0.294 e. The van der Waals surface area contributed by atoms with E-state index in [2.05, 4.69) is 6.58 Å². The molecule has 0 atom stereocenters. The summed E-state index contributed by atoms with van der Waals surface area (Å²) in [6.07, 6.45) is 3.96. The van der Waals surface area contributed by atoms with Crippen LogP contribution in [0.25, 0.3) is 0 Å². The highest BCUT2D eigenvalue weighted by atomic mass is 35.5. The summed E-state index contributed by atoms with van der Waals surface area (Å²) in [5.41, 5.74) is 0.547. The van der Waals surface area contributed by atoms with Crippen molar-refractivity contribution in [1.82, 2.24) is 0 Å². The normalized spacial score (nSPS) is 10.1. The van der Waals surface area contributed by atoms with Crippen molar-refractivity contribution in [3.8, 4) is 0 Å². The Morgan fingerprint density at radius 1 is 1.57 bits per heavy atom. The second kappa shape index (κ2) is 5.54. The maximum atomic E-state index is 11.6. The molecule has 0 aliphatic heterocycles. The first kappa shape index (κ1) is 11.8. The molecule has 0 saturated heterocycles. The smallest absolute Gasteiger partial charge is 0.165 e. The van der Waals surface area contributed by atoms with Crippen molar-refractivity contribution in [2.45, 2.75) is 19.3 Å². The first-order valence-corrected chi connectivity index (χ1v) is 5.81. The van der Waals surface area contributed by atoms with Crippen LogP contribution in [0.5, 0.6) is 0 Å². The zero-order valence-corrected chi connectivity index (χ0v) is 9.88. The summed E-state index contributed by atoms with van der Waals surface area (Å²) in [5, 5.41) is 0. The fourth-order valence-corrected chi connectivity index (χ4v) is 2.57. The van der Waals surface area contributed by atoms with Crippen LogP contribution in [0.2, 0.25) is 8.67 Å². The molecular formula is C10H10Cl2OS. The Morgan fingerprint density at radius 2 is 2.29 bits per heavy atom. The number of carbonyl (C=O) groups excluding carboxylic acids is 1. The Bertz CT molecular complexity index is 344. The number of hydrogen-bond donors (Lipinski definition) is 0. The molecule has 14 heavy (non-hydrogen) atoms. The van der Waals surface area contributed by atoms with Crippen LogP contribution < -0.4 is 0 Å². The molecule has 0 unspecified atom stereocenters. The van der Waals surface area contributed by atoms with Gasteiger partial charge in [0, 0.05) is 12.0 Å². The number of allylic oxidation sites excluding steroid dienone is 1. The van der Waals surface area contributed by atoms with Crippen molar-refractivity contribution in [3.63, 3.8) is 0 Å². The minimum atomic E-state index is 0.0556. The third-order valence-corrected chi connectivity index (χ3v) is 3.26. The Kier molecular flexibility index (Phi) is 4.66. The van der Waals surface area contributed by atoms with Gasteiger partial charge >= 0.3 is 0 Å². The van der Waals surface area contributed by atoms with E-state index in [1.807, 2.05) is 0 Å². The summed E-state index contributed by atoms with van der Waals surface area (Å²) in [7, 11) is 0. The molecule has 0 aliphatic carbocycles. The van der Waals surface area contributed by atoms with Gasteiger partial charge in [-0.05, 0) is 18.9 Å². The van der Waals surface area contributed by atoms with Crippen LogP contribution in [0.15, 0.2) is 18.7 Å². The zero-order chi connectivity index (χ0) is 10.6. The number of thiophene rings is 1. The lowest BCUT2D eigenvalue weighted by molar-refractivity contribution is 0.0981. The van der Waals surface area contributed by atoms with Crippen LogP contribution in [0.3, 0.4) is 0 Å². The fourth-order valence-electron chi connectivity index (χ4n) is 1.07. The topological polar surface area (TPSA) is 17.1 Å². The van der Waals surface area contributed by atoms with E-state index in [1.54, 1.807) is 12.1 Å². The van der Waals surface area contributed by atoms with Gasteiger partial charge in [0.1, 0.15) is 4.34 Å². The van der Waals surface area contributed by atoms with E-state index in [4.69, 9.17) is 23.2 Å². The van der Waals surface area contributed by atoms with E-state index in [0.29, 0.717) is 20.7 Å². The van der Waals surface area contributed by atoms with Crippen LogP contribution in [0.4, 0.5) is 0 Å². The summed E-state index contributed by atoms with van der Waals surface area (Å²) in [6.45, 7) is 3.60. The highest BCUT2D eigenvalue weighted by Crippen LogP contribution is 2.32. The average Bonchev–Trinajstić information content (AvgIpc) is 2.45. The van der Waals surface area contributed by atoms with Crippen molar-refractivity contribution in [2.75, 3.05) is 0 Å². The lowest BCUT2D eigenvalue weighted by Crippen LogP contribution is -1.96. The van der Waals surface area contributed by atoms with Crippen LogP contribution in [-0.4, -0.2) is 5.78 Å². The molecule has 0 aromatic carbocycles. The number of halogens is 2. The van der Waals surface area contributed by atoms with Crippen molar-refractivity contribution in [3.05, 3.63) is 33.0 Å². The highest BCUT2D eigenvalue weighted by Gasteiger charge is 2.13. The SMILES string of the molecule is C=CCCCC(=O)c1cc(Cl)sc1Cl. The number of carbonyl (C=O) groups is 1. The van der Waals surface area contributed by atoms with E-state index in [9.17, 15) is 4.79 Å². The molecule has 0 radical (unpaired) electrons. The van der Waals surface area contributed by atoms with Crippen molar-refractivity contribution in [2.24, 2.45) is 0 Å². The molecule has 0 aliphatic rings. The zero-order valence-electron chi connectivity index (χ0n) is 7.56. The molecule has 0 saturated carbocycles. The molecule has 1 heterocycles. The summed E-state index contributed by atoms with van der Waals surface area (Å²) in [6, 6.07) is 1.63. The Morgan fingerprint density at radius 3 is 2.79 bits per heavy atom. The van der Waals surface area contributed by atoms with Crippen LogP contribution in [0.1, 0.15) is 29.6 Å².